The minimum absolute atomic E-state index is 0.0604. The molecule has 200 valence electrons. The zero-order valence-corrected chi connectivity index (χ0v) is 23.2. The Morgan fingerprint density at radius 3 is 2.13 bits per heavy atom. The van der Waals surface area contributed by atoms with Crippen LogP contribution in [0.2, 0.25) is 0 Å². The van der Waals surface area contributed by atoms with Crippen molar-refractivity contribution in [2.24, 2.45) is 0 Å². The van der Waals surface area contributed by atoms with Crippen molar-refractivity contribution >= 4 is 32.5 Å². The number of carbonyl (C=O) groups is 1. The van der Waals surface area contributed by atoms with Crippen molar-refractivity contribution in [3.8, 4) is 5.75 Å². The monoisotopic (exact) mass is 534 g/mol. The third-order valence-electron chi connectivity index (χ3n) is 6.80. The van der Waals surface area contributed by atoms with E-state index in [1.165, 1.54) is 20.0 Å². The van der Waals surface area contributed by atoms with Gasteiger partial charge in [-0.05, 0) is 42.2 Å². The molecule has 4 rings (SSSR count). The van der Waals surface area contributed by atoms with Crippen LogP contribution in [0.25, 0.3) is 11.0 Å². The molecule has 38 heavy (non-hydrogen) atoms. The number of imidazole rings is 1. The van der Waals surface area contributed by atoms with Gasteiger partial charge >= 0.3 is 0 Å². The number of anilines is 1. The summed E-state index contributed by atoms with van der Waals surface area (Å²) in [7, 11) is -2.30. The number of nitrogens with zero attached hydrogens (tertiary/aromatic N) is 3. The fourth-order valence-electron chi connectivity index (χ4n) is 4.55. The lowest BCUT2D eigenvalue weighted by Crippen LogP contribution is -2.30. The molecule has 1 heterocycles. The van der Waals surface area contributed by atoms with Crippen molar-refractivity contribution in [1.82, 2.24) is 9.13 Å². The van der Waals surface area contributed by atoms with Gasteiger partial charge in [-0.2, -0.15) is 0 Å². The average Bonchev–Trinajstić information content (AvgIpc) is 3.14. The molecular weight excluding hydrogens is 500 g/mol. The number of rotatable bonds is 8. The van der Waals surface area contributed by atoms with Gasteiger partial charge in [-0.3, -0.25) is 14.5 Å². The first-order valence-electron chi connectivity index (χ1n) is 12.5. The molecule has 2 N–H and O–H groups in total. The molecule has 0 aliphatic carbocycles. The normalized spacial score (nSPS) is 12.1. The summed E-state index contributed by atoms with van der Waals surface area (Å²) in [5, 5.41) is 19.9. The topological polar surface area (TPSA) is 108 Å². The summed E-state index contributed by atoms with van der Waals surface area (Å²) in [5.41, 5.74) is 3.07. The molecule has 8 nitrogen and oxygen atoms in total. The highest BCUT2D eigenvalue weighted by atomic mass is 32.2. The van der Waals surface area contributed by atoms with E-state index in [2.05, 4.69) is 0 Å². The number of fused-ring (bicyclic) bond motifs is 1. The molecule has 0 fully saturated rings. The molecule has 4 aromatic rings. The van der Waals surface area contributed by atoms with Crippen LogP contribution in [0, 0.1) is 5.41 Å². The molecule has 1 aromatic heterocycles. The maximum atomic E-state index is 13.7. The van der Waals surface area contributed by atoms with Crippen molar-refractivity contribution in [3.05, 3.63) is 89.0 Å². The Kier molecular flexibility index (Phi) is 7.25. The van der Waals surface area contributed by atoms with Gasteiger partial charge < -0.3 is 14.2 Å². The fraction of sp³-hybridized carbons (Fsp3) is 0.310. The lowest BCUT2D eigenvalue weighted by molar-refractivity contribution is 0.0971. The van der Waals surface area contributed by atoms with Crippen molar-refractivity contribution < 1.29 is 18.3 Å². The largest absolute Gasteiger partial charge is 0.505 e. The average molecular weight is 535 g/mol. The van der Waals surface area contributed by atoms with Crippen molar-refractivity contribution in [3.63, 3.8) is 0 Å². The predicted octanol–water partition coefficient (Wildman–Crippen LogP) is 4.64. The molecule has 0 aliphatic rings. The van der Waals surface area contributed by atoms with E-state index in [0.717, 1.165) is 20.9 Å². The Balaban J connectivity index is 1.81. The number of phenolic OH excluding ortho intramolecular Hbond substituents is 1. The van der Waals surface area contributed by atoms with Crippen LogP contribution >= 0.6 is 0 Å². The van der Waals surface area contributed by atoms with Gasteiger partial charge in [-0.1, -0.05) is 63.2 Å². The number of nitrogens with one attached hydrogen (secondary N) is 1. The molecule has 0 atom stereocenters. The molecule has 0 unspecified atom stereocenters. The first-order valence-corrected chi connectivity index (χ1v) is 14.1. The number of Topliss-reactive ketones (excluding diaryl/α,β-unsaturated/α-hetero) is 1. The third-order valence-corrected chi connectivity index (χ3v) is 8.56. The van der Waals surface area contributed by atoms with Gasteiger partial charge in [0.15, 0.2) is 5.78 Å². The smallest absolute Gasteiger partial charge is 0.234 e. The Morgan fingerprint density at radius 2 is 1.55 bits per heavy atom. The molecule has 0 spiro atoms. The molecule has 0 amide bonds. The summed E-state index contributed by atoms with van der Waals surface area (Å²) < 4.78 is 29.8. The van der Waals surface area contributed by atoms with Crippen LogP contribution in [-0.2, 0) is 28.5 Å². The number of aromatic hydroxyl groups is 1. The third kappa shape index (κ3) is 5.11. The number of phenols is 1. The lowest BCUT2D eigenvalue weighted by atomic mass is 9.84. The van der Waals surface area contributed by atoms with Gasteiger partial charge in [0.05, 0.1) is 35.6 Å². The molecule has 9 heteroatoms. The summed E-state index contributed by atoms with van der Waals surface area (Å²) in [6.45, 7) is 7.57. The standard InChI is InChI=1S/C29H34N4O4S/c1-6-38(36,37)31(5)25-17-21(16-22(27(25)35)29(2,3)4)26(34)19-33-24-15-11-10-14-23(24)32(28(33)30)18-20-12-8-7-9-13-20/h7-17,30,35H,6,18-19H2,1-5H3. The predicted molar refractivity (Wildman–Crippen MR) is 150 cm³/mol. The van der Waals surface area contributed by atoms with E-state index < -0.39 is 15.4 Å². The highest BCUT2D eigenvalue weighted by Crippen LogP contribution is 2.40. The van der Waals surface area contributed by atoms with E-state index in [1.807, 2.05) is 79.9 Å². The van der Waals surface area contributed by atoms with Crippen molar-refractivity contribution in [2.45, 2.75) is 46.2 Å². The van der Waals surface area contributed by atoms with Crippen molar-refractivity contribution in [2.75, 3.05) is 17.1 Å². The lowest BCUT2D eigenvalue weighted by Gasteiger charge is -2.27. The summed E-state index contributed by atoms with van der Waals surface area (Å²) in [5.74, 6) is -0.604. The quantitative estimate of drug-likeness (QED) is 0.321. The first-order chi connectivity index (χ1) is 17.8. The Labute approximate surface area is 223 Å². The fourth-order valence-corrected chi connectivity index (χ4v) is 5.38. The maximum Gasteiger partial charge on any atom is 0.234 e. The molecule has 0 saturated carbocycles. The van der Waals surface area contributed by atoms with Gasteiger partial charge in [0, 0.05) is 18.2 Å². The number of ketones is 1. The maximum absolute atomic E-state index is 13.7. The zero-order valence-electron chi connectivity index (χ0n) is 22.4. The van der Waals surface area contributed by atoms with Crippen LogP contribution in [0.5, 0.6) is 5.75 Å². The van der Waals surface area contributed by atoms with E-state index in [0.29, 0.717) is 12.1 Å². The second-order valence-corrected chi connectivity index (χ2v) is 12.7. The van der Waals surface area contributed by atoms with Gasteiger partial charge in [0.2, 0.25) is 15.6 Å². The minimum atomic E-state index is -3.68. The molecule has 0 bridgehead atoms. The molecular formula is C29H34N4O4S. The Morgan fingerprint density at radius 1 is 0.974 bits per heavy atom. The van der Waals surface area contributed by atoms with E-state index in [4.69, 9.17) is 5.41 Å². The van der Waals surface area contributed by atoms with E-state index >= 15 is 0 Å². The minimum Gasteiger partial charge on any atom is -0.505 e. The first kappa shape index (κ1) is 27.2. The highest BCUT2D eigenvalue weighted by molar-refractivity contribution is 7.92. The summed E-state index contributed by atoms with van der Waals surface area (Å²) in [6, 6.07) is 20.5. The van der Waals surface area contributed by atoms with Crippen molar-refractivity contribution in [1.29, 1.82) is 5.41 Å². The van der Waals surface area contributed by atoms with E-state index in [9.17, 15) is 18.3 Å². The number of carbonyl (C=O) groups excluding carboxylic acids is 1. The van der Waals surface area contributed by atoms with Crippen LogP contribution in [0.3, 0.4) is 0 Å². The van der Waals surface area contributed by atoms with Gasteiger partial charge in [-0.25, -0.2) is 8.42 Å². The van der Waals surface area contributed by atoms with Gasteiger partial charge in [0.1, 0.15) is 5.75 Å². The zero-order chi connectivity index (χ0) is 27.8. The summed E-state index contributed by atoms with van der Waals surface area (Å²) >= 11 is 0. The van der Waals surface area contributed by atoms with Crippen LogP contribution in [0.1, 0.15) is 49.2 Å². The SMILES string of the molecule is CCS(=O)(=O)N(C)c1cc(C(=O)Cn2c(=N)n(Cc3ccccc3)c3ccccc32)cc(C(C)(C)C)c1O. The number of hydrogen-bond donors (Lipinski definition) is 2. The number of aromatic nitrogens is 2. The van der Waals surface area contributed by atoms with E-state index in [-0.39, 0.29) is 40.7 Å². The van der Waals surface area contributed by atoms with Crippen LogP contribution in [0.15, 0.2) is 66.7 Å². The van der Waals surface area contributed by atoms with E-state index in [1.54, 1.807) is 10.6 Å². The van der Waals surface area contributed by atoms with Gasteiger partial charge in [-0.15, -0.1) is 0 Å². The van der Waals surface area contributed by atoms with Crippen LogP contribution in [-0.4, -0.2) is 41.2 Å². The number of hydrogen-bond acceptors (Lipinski definition) is 5. The molecule has 0 radical (unpaired) electrons. The van der Waals surface area contributed by atoms with Crippen LogP contribution in [0.4, 0.5) is 5.69 Å². The number of benzene rings is 3. The Bertz CT molecular complexity index is 1660. The van der Waals surface area contributed by atoms with Crippen LogP contribution < -0.4 is 9.92 Å². The number of para-hydroxylation sites is 2. The second kappa shape index (κ2) is 10.1. The second-order valence-electron chi connectivity index (χ2n) is 10.4. The summed E-state index contributed by atoms with van der Waals surface area (Å²) in [6.07, 6.45) is 0. The van der Waals surface area contributed by atoms with Gasteiger partial charge in [0.25, 0.3) is 0 Å². The molecule has 0 aliphatic heterocycles. The molecule has 3 aromatic carbocycles. The number of sulfonamides is 1. The summed E-state index contributed by atoms with van der Waals surface area (Å²) in [4.78, 5) is 13.7. The molecule has 0 saturated heterocycles. The Hall–Kier alpha value is -3.85. The highest BCUT2D eigenvalue weighted by Gasteiger charge is 2.28.